The number of hydrogen-bond acceptors (Lipinski definition) is 3. The van der Waals surface area contributed by atoms with E-state index < -0.39 is 0 Å². The van der Waals surface area contributed by atoms with Crippen LogP contribution in [0.15, 0.2) is 24.3 Å². The van der Waals surface area contributed by atoms with Crippen molar-refractivity contribution < 1.29 is 9.31 Å². The average Bonchev–Trinajstić information content (AvgIpc) is 2.54. The zero-order chi connectivity index (χ0) is 14.4. The zero-order valence-electron chi connectivity index (χ0n) is 13.0. The maximum atomic E-state index is 6.11. The summed E-state index contributed by atoms with van der Waals surface area (Å²) in [4.78, 5) is 2.46. The van der Waals surface area contributed by atoms with Crippen LogP contribution in [0.4, 0.5) is 0 Å². The zero-order valence-corrected chi connectivity index (χ0v) is 13.0. The minimum Gasteiger partial charge on any atom is -0.399 e. The van der Waals surface area contributed by atoms with E-state index in [2.05, 4.69) is 56.9 Å². The smallest absolute Gasteiger partial charge is 0.399 e. The first-order valence-electron chi connectivity index (χ1n) is 7.54. The molecule has 4 heteroatoms. The predicted octanol–water partition coefficient (Wildman–Crippen LogP) is 2.19. The number of nitrogens with zero attached hydrogens (tertiary/aromatic N) is 1. The minimum atomic E-state index is -0.273. The molecule has 2 aliphatic heterocycles. The molecule has 20 heavy (non-hydrogen) atoms. The van der Waals surface area contributed by atoms with Crippen LogP contribution in [0.25, 0.3) is 0 Å². The van der Waals surface area contributed by atoms with Crippen LogP contribution in [-0.2, 0) is 15.9 Å². The van der Waals surface area contributed by atoms with Crippen LogP contribution >= 0.6 is 0 Å². The molecule has 0 saturated carbocycles. The topological polar surface area (TPSA) is 21.7 Å². The van der Waals surface area contributed by atoms with Crippen molar-refractivity contribution in [2.75, 3.05) is 13.1 Å². The van der Waals surface area contributed by atoms with Crippen LogP contribution in [0.1, 0.15) is 39.7 Å². The molecule has 108 valence electrons. The monoisotopic (exact) mass is 273 g/mol. The summed E-state index contributed by atoms with van der Waals surface area (Å²) in [6.07, 6.45) is 1.33. The van der Waals surface area contributed by atoms with Gasteiger partial charge < -0.3 is 9.31 Å². The third-order valence-corrected chi connectivity index (χ3v) is 4.83. The average molecular weight is 273 g/mol. The fraction of sp³-hybridized carbons (Fsp3) is 0.625. The van der Waals surface area contributed by atoms with E-state index in [4.69, 9.17) is 9.31 Å². The number of hydrogen-bond donors (Lipinski definition) is 0. The van der Waals surface area contributed by atoms with Gasteiger partial charge in [0.2, 0.25) is 0 Å². The molecule has 0 bridgehead atoms. The van der Waals surface area contributed by atoms with Gasteiger partial charge in [-0.2, -0.15) is 0 Å². The Bertz CT molecular complexity index is 481. The summed E-state index contributed by atoms with van der Waals surface area (Å²) >= 11 is 0. The number of rotatable bonds is 3. The Morgan fingerprint density at radius 1 is 1.10 bits per heavy atom. The van der Waals surface area contributed by atoms with Crippen molar-refractivity contribution in [3.8, 4) is 0 Å². The van der Waals surface area contributed by atoms with Crippen LogP contribution < -0.4 is 5.46 Å². The third-order valence-electron chi connectivity index (χ3n) is 4.83. The van der Waals surface area contributed by atoms with Crippen LogP contribution in [0.3, 0.4) is 0 Å². The molecule has 1 aromatic carbocycles. The molecule has 0 radical (unpaired) electrons. The molecule has 2 heterocycles. The Hall–Kier alpha value is -0.835. The van der Waals surface area contributed by atoms with E-state index in [-0.39, 0.29) is 18.3 Å². The van der Waals surface area contributed by atoms with E-state index in [0.29, 0.717) is 0 Å². The van der Waals surface area contributed by atoms with Gasteiger partial charge in [0.05, 0.1) is 11.2 Å². The fourth-order valence-corrected chi connectivity index (χ4v) is 2.62. The van der Waals surface area contributed by atoms with E-state index in [9.17, 15) is 0 Å². The highest BCUT2D eigenvalue weighted by Gasteiger charge is 2.51. The van der Waals surface area contributed by atoms with Crippen molar-refractivity contribution in [3.63, 3.8) is 0 Å². The molecule has 2 aliphatic rings. The van der Waals surface area contributed by atoms with Gasteiger partial charge in [-0.1, -0.05) is 24.3 Å². The first kappa shape index (κ1) is 14.1. The summed E-state index contributed by atoms with van der Waals surface area (Å²) in [5, 5.41) is 0. The van der Waals surface area contributed by atoms with Crippen molar-refractivity contribution >= 4 is 12.6 Å². The summed E-state index contributed by atoms with van der Waals surface area (Å²) in [6, 6.07) is 8.62. The highest BCUT2D eigenvalue weighted by atomic mass is 16.7. The maximum Gasteiger partial charge on any atom is 0.494 e. The van der Waals surface area contributed by atoms with Gasteiger partial charge in [0.15, 0.2) is 0 Å². The first-order valence-corrected chi connectivity index (χ1v) is 7.54. The molecule has 0 amide bonds. The molecule has 0 aliphatic carbocycles. The summed E-state index contributed by atoms with van der Waals surface area (Å²) < 4.78 is 12.2. The molecule has 0 unspecified atom stereocenters. The standard InChI is InChI=1S/C16H24BNO2/c1-15(2)16(3,4)20-17(19-15)14-8-5-7-13(11-14)12-18-9-6-10-18/h5,7-8,11H,6,9-10,12H2,1-4H3. The lowest BCUT2D eigenvalue weighted by atomic mass is 9.78. The summed E-state index contributed by atoms with van der Waals surface area (Å²) in [5.41, 5.74) is 1.93. The molecule has 0 spiro atoms. The molecule has 2 fully saturated rings. The number of benzene rings is 1. The first-order chi connectivity index (χ1) is 9.37. The van der Waals surface area contributed by atoms with Gasteiger partial charge in [-0.05, 0) is 58.2 Å². The lowest BCUT2D eigenvalue weighted by Gasteiger charge is -2.32. The van der Waals surface area contributed by atoms with Gasteiger partial charge in [0.25, 0.3) is 0 Å². The van der Waals surface area contributed by atoms with Gasteiger partial charge >= 0.3 is 7.12 Å². The van der Waals surface area contributed by atoms with Crippen molar-refractivity contribution in [2.24, 2.45) is 0 Å². The lowest BCUT2D eigenvalue weighted by Crippen LogP contribution is -2.41. The van der Waals surface area contributed by atoms with Gasteiger partial charge in [0.1, 0.15) is 0 Å². The molecular weight excluding hydrogens is 249 g/mol. The molecule has 2 saturated heterocycles. The highest BCUT2D eigenvalue weighted by Crippen LogP contribution is 2.36. The van der Waals surface area contributed by atoms with Crippen molar-refractivity contribution in [1.82, 2.24) is 4.90 Å². The summed E-state index contributed by atoms with van der Waals surface area (Å²) in [6.45, 7) is 11.9. The van der Waals surface area contributed by atoms with Gasteiger partial charge in [-0.15, -0.1) is 0 Å². The van der Waals surface area contributed by atoms with Crippen molar-refractivity contribution in [1.29, 1.82) is 0 Å². The molecule has 0 aromatic heterocycles. The van der Waals surface area contributed by atoms with Crippen LogP contribution in [-0.4, -0.2) is 36.3 Å². The van der Waals surface area contributed by atoms with Gasteiger partial charge in [0, 0.05) is 6.54 Å². The molecule has 0 atom stereocenters. The third kappa shape index (κ3) is 2.52. The summed E-state index contributed by atoms with van der Waals surface area (Å²) in [7, 11) is -0.253. The quantitative estimate of drug-likeness (QED) is 0.788. The van der Waals surface area contributed by atoms with E-state index in [1.807, 2.05) is 0 Å². The largest absolute Gasteiger partial charge is 0.494 e. The minimum absolute atomic E-state index is 0.253. The second kappa shape index (κ2) is 4.87. The fourth-order valence-electron chi connectivity index (χ4n) is 2.62. The van der Waals surface area contributed by atoms with Gasteiger partial charge in [-0.3, -0.25) is 4.90 Å². The normalized spacial score (nSPS) is 24.7. The molecule has 0 N–H and O–H groups in total. The Labute approximate surface area is 122 Å². The second-order valence-corrected chi connectivity index (χ2v) is 6.96. The van der Waals surface area contributed by atoms with E-state index in [0.717, 1.165) is 12.0 Å². The number of likely N-dealkylation sites (tertiary alicyclic amines) is 1. The highest BCUT2D eigenvalue weighted by molar-refractivity contribution is 6.62. The van der Waals surface area contributed by atoms with Crippen LogP contribution in [0.5, 0.6) is 0 Å². The SMILES string of the molecule is CC1(C)OB(c2cccc(CN3CCC3)c2)OC1(C)C. The molecule has 3 rings (SSSR count). The summed E-state index contributed by atoms with van der Waals surface area (Å²) in [5.74, 6) is 0. The van der Waals surface area contributed by atoms with Crippen LogP contribution in [0.2, 0.25) is 0 Å². The van der Waals surface area contributed by atoms with Crippen molar-refractivity contribution in [3.05, 3.63) is 29.8 Å². The van der Waals surface area contributed by atoms with Crippen LogP contribution in [0, 0.1) is 0 Å². The molecule has 1 aromatic rings. The Balaban J connectivity index is 1.76. The lowest BCUT2D eigenvalue weighted by molar-refractivity contribution is 0.00578. The van der Waals surface area contributed by atoms with E-state index in [1.54, 1.807) is 0 Å². The Morgan fingerprint density at radius 2 is 1.75 bits per heavy atom. The van der Waals surface area contributed by atoms with E-state index in [1.165, 1.54) is 25.1 Å². The van der Waals surface area contributed by atoms with Crippen molar-refractivity contribution in [2.45, 2.75) is 51.9 Å². The van der Waals surface area contributed by atoms with E-state index >= 15 is 0 Å². The second-order valence-electron chi connectivity index (χ2n) is 6.96. The Morgan fingerprint density at radius 3 is 2.30 bits per heavy atom. The molecular formula is C16H24BNO2. The Kier molecular flexibility index (Phi) is 3.43. The maximum absolute atomic E-state index is 6.11. The van der Waals surface area contributed by atoms with Gasteiger partial charge in [-0.25, -0.2) is 0 Å². The predicted molar refractivity (Wildman–Crippen MR) is 82.1 cm³/mol. The molecule has 3 nitrogen and oxygen atoms in total.